The molecule has 2 fully saturated rings. The predicted octanol–water partition coefficient (Wildman–Crippen LogP) is 4.50. The van der Waals surface area contributed by atoms with Gasteiger partial charge in [0.2, 0.25) is 0 Å². The molecule has 7 heteroatoms. The molecule has 1 aliphatic heterocycles. The minimum Gasteiger partial charge on any atom is -0.388 e. The van der Waals surface area contributed by atoms with E-state index in [0.717, 1.165) is 48.9 Å². The number of aliphatic hydroxyl groups is 1. The van der Waals surface area contributed by atoms with Crippen LogP contribution in [0.3, 0.4) is 0 Å². The number of hydrogen-bond acceptors (Lipinski definition) is 3. The molecule has 1 aromatic heterocycles. The first-order valence-electron chi connectivity index (χ1n) is 10.7. The van der Waals surface area contributed by atoms with Gasteiger partial charge in [-0.3, -0.25) is 5.10 Å². The average Bonchev–Trinajstić information content (AvgIpc) is 3.13. The quantitative estimate of drug-likeness (QED) is 0.668. The van der Waals surface area contributed by atoms with Gasteiger partial charge in [0, 0.05) is 35.6 Å². The summed E-state index contributed by atoms with van der Waals surface area (Å²) in [6.07, 6.45) is 6.59. The SMILES string of the molecule is CC(C)(C1CCN(C(=O)NCC2CCC2)CC1)[C@H](O)c1cc(Cl)cc2cn[nH]c12. The summed E-state index contributed by atoms with van der Waals surface area (Å²) in [6, 6.07) is 3.74. The van der Waals surface area contributed by atoms with Crippen molar-refractivity contribution in [3.63, 3.8) is 0 Å². The summed E-state index contributed by atoms with van der Waals surface area (Å²) in [5, 5.41) is 23.0. The normalized spacial score (nSPS) is 19.9. The number of aromatic nitrogens is 2. The van der Waals surface area contributed by atoms with Gasteiger partial charge in [0.05, 0.1) is 17.8 Å². The first kappa shape index (κ1) is 20.5. The number of likely N-dealkylation sites (tertiary alicyclic amines) is 1. The Morgan fingerprint density at radius 2 is 2.07 bits per heavy atom. The Balaban J connectivity index is 1.40. The van der Waals surface area contributed by atoms with Crippen molar-refractivity contribution >= 4 is 28.5 Å². The molecule has 4 rings (SSSR count). The molecule has 6 nitrogen and oxygen atoms in total. The number of benzene rings is 1. The number of hydrogen-bond donors (Lipinski definition) is 3. The van der Waals surface area contributed by atoms with Crippen LogP contribution in [0.1, 0.15) is 57.6 Å². The molecule has 2 amide bonds. The van der Waals surface area contributed by atoms with Gasteiger partial charge in [-0.1, -0.05) is 31.9 Å². The molecule has 29 heavy (non-hydrogen) atoms. The maximum atomic E-state index is 12.4. The summed E-state index contributed by atoms with van der Waals surface area (Å²) < 4.78 is 0. The molecule has 3 N–H and O–H groups in total. The molecule has 1 atom stereocenters. The lowest BCUT2D eigenvalue weighted by atomic mass is 9.68. The fraction of sp³-hybridized carbons (Fsp3) is 0.636. The standard InChI is InChI=1S/C22H31ClN4O2/c1-22(2,20(28)18-11-17(23)10-15-13-25-26-19(15)18)16-6-8-27(9-7-16)21(29)24-12-14-4-3-5-14/h10-11,13-14,16,20,28H,3-9,12H2,1-2H3,(H,24,29)(H,25,26)/t20-/m1/s1. The van der Waals surface area contributed by atoms with Crippen molar-refractivity contribution in [2.75, 3.05) is 19.6 Å². The first-order valence-corrected chi connectivity index (χ1v) is 11.1. The minimum absolute atomic E-state index is 0.0581. The smallest absolute Gasteiger partial charge is 0.317 e. The zero-order valence-electron chi connectivity index (χ0n) is 17.2. The molecular weight excluding hydrogens is 388 g/mol. The van der Waals surface area contributed by atoms with E-state index in [2.05, 4.69) is 29.4 Å². The molecule has 1 aromatic carbocycles. The number of carbonyl (C=O) groups excluding carboxylic acids is 1. The number of halogens is 1. The number of carbonyl (C=O) groups is 1. The fourth-order valence-corrected chi connectivity index (χ4v) is 4.99. The Hall–Kier alpha value is -1.79. The molecule has 1 aliphatic carbocycles. The van der Waals surface area contributed by atoms with E-state index >= 15 is 0 Å². The number of aromatic amines is 1. The number of nitrogens with zero attached hydrogens (tertiary/aromatic N) is 2. The molecule has 0 bridgehead atoms. The molecule has 0 radical (unpaired) electrons. The summed E-state index contributed by atoms with van der Waals surface area (Å²) in [5.74, 6) is 0.979. The van der Waals surface area contributed by atoms with Crippen LogP contribution in [0.4, 0.5) is 4.79 Å². The van der Waals surface area contributed by atoms with Crippen LogP contribution < -0.4 is 5.32 Å². The maximum absolute atomic E-state index is 12.4. The monoisotopic (exact) mass is 418 g/mol. The number of nitrogens with one attached hydrogen (secondary N) is 2. The van der Waals surface area contributed by atoms with Gasteiger partial charge in [-0.25, -0.2) is 4.79 Å². The van der Waals surface area contributed by atoms with Gasteiger partial charge in [-0.05, 0) is 55.1 Å². The van der Waals surface area contributed by atoms with Crippen LogP contribution in [0.2, 0.25) is 5.02 Å². The molecular formula is C22H31ClN4O2. The van der Waals surface area contributed by atoms with E-state index in [-0.39, 0.29) is 11.4 Å². The number of rotatable bonds is 5. The zero-order chi connectivity index (χ0) is 20.6. The topological polar surface area (TPSA) is 81.2 Å². The third-order valence-electron chi connectivity index (χ3n) is 7.14. The van der Waals surface area contributed by atoms with Crippen molar-refractivity contribution in [3.8, 4) is 0 Å². The van der Waals surface area contributed by atoms with E-state index in [1.54, 1.807) is 6.20 Å². The van der Waals surface area contributed by atoms with Crippen molar-refractivity contribution < 1.29 is 9.90 Å². The second kappa shape index (κ2) is 8.15. The van der Waals surface area contributed by atoms with Gasteiger partial charge >= 0.3 is 6.03 Å². The highest BCUT2D eigenvalue weighted by Crippen LogP contribution is 2.46. The Bertz CT molecular complexity index is 869. The molecule has 2 aromatic rings. The van der Waals surface area contributed by atoms with Crippen LogP contribution in [0.25, 0.3) is 10.9 Å². The van der Waals surface area contributed by atoms with Gasteiger partial charge in [0.15, 0.2) is 0 Å². The summed E-state index contributed by atoms with van der Waals surface area (Å²) in [4.78, 5) is 14.4. The lowest BCUT2D eigenvalue weighted by molar-refractivity contribution is -0.0144. The summed E-state index contributed by atoms with van der Waals surface area (Å²) >= 11 is 6.28. The average molecular weight is 419 g/mol. The van der Waals surface area contributed by atoms with Gasteiger partial charge in [-0.2, -0.15) is 5.10 Å². The van der Waals surface area contributed by atoms with E-state index in [1.165, 1.54) is 19.3 Å². The van der Waals surface area contributed by atoms with E-state index < -0.39 is 6.10 Å². The van der Waals surface area contributed by atoms with Crippen molar-refractivity contribution in [2.45, 2.75) is 52.1 Å². The minimum atomic E-state index is -0.673. The van der Waals surface area contributed by atoms with Gasteiger partial charge in [-0.15, -0.1) is 0 Å². The third kappa shape index (κ3) is 4.10. The maximum Gasteiger partial charge on any atom is 0.317 e. The molecule has 0 spiro atoms. The Morgan fingerprint density at radius 1 is 1.34 bits per heavy atom. The largest absolute Gasteiger partial charge is 0.388 e. The van der Waals surface area contributed by atoms with Crippen LogP contribution in [0, 0.1) is 17.3 Å². The van der Waals surface area contributed by atoms with E-state index in [9.17, 15) is 9.90 Å². The Morgan fingerprint density at radius 3 is 2.72 bits per heavy atom. The van der Waals surface area contributed by atoms with Crippen molar-refractivity contribution in [1.29, 1.82) is 0 Å². The molecule has 1 saturated carbocycles. The highest BCUT2D eigenvalue weighted by Gasteiger charge is 2.40. The zero-order valence-corrected chi connectivity index (χ0v) is 18.0. The van der Waals surface area contributed by atoms with Crippen molar-refractivity contribution in [1.82, 2.24) is 20.4 Å². The molecule has 2 aliphatic rings. The van der Waals surface area contributed by atoms with Crippen LogP contribution in [-0.4, -0.2) is 45.9 Å². The summed E-state index contributed by atoms with van der Waals surface area (Å²) in [6.45, 7) is 6.48. The van der Waals surface area contributed by atoms with Gasteiger partial charge in [0.1, 0.15) is 0 Å². The number of amides is 2. The molecule has 0 unspecified atom stereocenters. The third-order valence-corrected chi connectivity index (χ3v) is 7.36. The molecule has 1 saturated heterocycles. The number of aliphatic hydroxyl groups excluding tert-OH is 1. The van der Waals surface area contributed by atoms with Crippen LogP contribution in [0.15, 0.2) is 18.3 Å². The number of urea groups is 1. The fourth-order valence-electron chi connectivity index (χ4n) is 4.75. The van der Waals surface area contributed by atoms with E-state index in [1.807, 2.05) is 17.0 Å². The Labute approximate surface area is 177 Å². The van der Waals surface area contributed by atoms with Gasteiger partial charge < -0.3 is 15.3 Å². The van der Waals surface area contributed by atoms with Crippen LogP contribution >= 0.6 is 11.6 Å². The van der Waals surface area contributed by atoms with E-state index in [4.69, 9.17) is 11.6 Å². The predicted molar refractivity (Wildman–Crippen MR) is 115 cm³/mol. The molecule has 2 heterocycles. The highest BCUT2D eigenvalue weighted by atomic mass is 35.5. The number of H-pyrrole nitrogens is 1. The van der Waals surface area contributed by atoms with Crippen molar-refractivity contribution in [2.24, 2.45) is 17.3 Å². The second-order valence-electron chi connectivity index (χ2n) is 9.30. The highest BCUT2D eigenvalue weighted by molar-refractivity contribution is 6.31. The van der Waals surface area contributed by atoms with Gasteiger partial charge in [0.25, 0.3) is 0 Å². The second-order valence-corrected chi connectivity index (χ2v) is 9.73. The summed E-state index contributed by atoms with van der Waals surface area (Å²) in [7, 11) is 0. The van der Waals surface area contributed by atoms with Crippen molar-refractivity contribution in [3.05, 3.63) is 28.9 Å². The molecule has 158 valence electrons. The van der Waals surface area contributed by atoms with Crippen LogP contribution in [-0.2, 0) is 0 Å². The lowest BCUT2D eigenvalue weighted by Crippen LogP contribution is -2.48. The lowest BCUT2D eigenvalue weighted by Gasteiger charge is -2.43. The number of fused-ring (bicyclic) bond motifs is 1. The van der Waals surface area contributed by atoms with E-state index in [0.29, 0.717) is 16.9 Å². The Kier molecular flexibility index (Phi) is 5.76. The van der Waals surface area contributed by atoms with Crippen LogP contribution in [0.5, 0.6) is 0 Å². The summed E-state index contributed by atoms with van der Waals surface area (Å²) in [5.41, 5.74) is 1.27. The first-order chi connectivity index (χ1) is 13.9. The number of piperidine rings is 1.